The Labute approximate surface area is 149 Å². The van der Waals surface area contributed by atoms with E-state index in [0.717, 1.165) is 35.5 Å². The van der Waals surface area contributed by atoms with Crippen molar-refractivity contribution in [3.63, 3.8) is 0 Å². The zero-order chi connectivity index (χ0) is 18.8. The Kier molecular flexibility index (Phi) is 4.79. The van der Waals surface area contributed by atoms with Gasteiger partial charge in [-0.15, -0.1) is 0 Å². The highest BCUT2D eigenvalue weighted by molar-refractivity contribution is 6.01. The van der Waals surface area contributed by atoms with E-state index in [1.54, 1.807) is 12.1 Å². The predicted octanol–water partition coefficient (Wildman–Crippen LogP) is 3.80. The Bertz CT molecular complexity index is 1020. The maximum atomic E-state index is 13.8. The van der Waals surface area contributed by atoms with Crippen LogP contribution in [0, 0.1) is 18.6 Å². The maximum absolute atomic E-state index is 13.8. The van der Waals surface area contributed by atoms with Crippen molar-refractivity contribution in [1.29, 1.82) is 0 Å². The number of imidazole rings is 1. The van der Waals surface area contributed by atoms with Crippen molar-refractivity contribution in [2.75, 3.05) is 0 Å². The lowest BCUT2D eigenvalue weighted by atomic mass is 10.1. The lowest BCUT2D eigenvalue weighted by Gasteiger charge is -2.05. The third kappa shape index (κ3) is 3.33. The average Bonchev–Trinajstić information content (AvgIpc) is 2.93. The molecule has 1 heterocycles. The molecule has 5 nitrogen and oxygen atoms in total. The second-order valence-electron chi connectivity index (χ2n) is 5.87. The van der Waals surface area contributed by atoms with Gasteiger partial charge in [0.05, 0.1) is 16.7 Å². The van der Waals surface area contributed by atoms with Crippen LogP contribution in [0.1, 0.15) is 35.6 Å². The lowest BCUT2D eigenvalue weighted by Crippen LogP contribution is -2.19. The molecule has 0 aliphatic heterocycles. The second-order valence-corrected chi connectivity index (χ2v) is 5.87. The quantitative estimate of drug-likeness (QED) is 0.571. The summed E-state index contributed by atoms with van der Waals surface area (Å²) in [6, 6.07) is 8.41. The van der Waals surface area contributed by atoms with Crippen LogP contribution in [0.25, 0.3) is 11.0 Å². The molecule has 0 saturated carbocycles. The summed E-state index contributed by atoms with van der Waals surface area (Å²) in [4.78, 5) is 16.8. The SMILES string of the molecule is CCn1c(C)nc2cc(C(=O)N/N=C(/C)c3ccc(F)cc3F)ccc21. The topological polar surface area (TPSA) is 59.3 Å². The number of aromatic nitrogens is 2. The minimum Gasteiger partial charge on any atom is -0.329 e. The van der Waals surface area contributed by atoms with Crippen LogP contribution in [-0.2, 0) is 6.54 Å². The molecular formula is C19H18F2N4O. The van der Waals surface area contributed by atoms with Gasteiger partial charge in [0.25, 0.3) is 5.91 Å². The van der Waals surface area contributed by atoms with Crippen molar-refractivity contribution in [1.82, 2.24) is 15.0 Å². The van der Waals surface area contributed by atoms with Crippen LogP contribution in [0.15, 0.2) is 41.5 Å². The molecule has 0 saturated heterocycles. The van der Waals surface area contributed by atoms with Crippen molar-refractivity contribution in [2.45, 2.75) is 27.3 Å². The molecule has 1 N–H and O–H groups in total. The molecule has 0 atom stereocenters. The van der Waals surface area contributed by atoms with Crippen molar-refractivity contribution >= 4 is 22.7 Å². The van der Waals surface area contributed by atoms with E-state index in [1.807, 2.05) is 19.9 Å². The summed E-state index contributed by atoms with van der Waals surface area (Å²) in [5, 5.41) is 3.91. The first-order valence-corrected chi connectivity index (χ1v) is 8.17. The molecular weight excluding hydrogens is 338 g/mol. The van der Waals surface area contributed by atoms with Crippen LogP contribution in [0.3, 0.4) is 0 Å². The summed E-state index contributed by atoms with van der Waals surface area (Å²) < 4.78 is 28.8. The Balaban J connectivity index is 1.82. The normalized spacial score (nSPS) is 11.8. The van der Waals surface area contributed by atoms with Crippen molar-refractivity contribution in [3.8, 4) is 0 Å². The number of hydrogen-bond acceptors (Lipinski definition) is 3. The fourth-order valence-corrected chi connectivity index (χ4v) is 2.83. The Morgan fingerprint density at radius 3 is 2.69 bits per heavy atom. The van der Waals surface area contributed by atoms with Gasteiger partial charge in [-0.3, -0.25) is 4.79 Å². The maximum Gasteiger partial charge on any atom is 0.271 e. The first kappa shape index (κ1) is 17.7. The number of carbonyl (C=O) groups is 1. The van der Waals surface area contributed by atoms with Gasteiger partial charge >= 0.3 is 0 Å². The first-order chi connectivity index (χ1) is 12.4. The highest BCUT2D eigenvalue weighted by Crippen LogP contribution is 2.18. The van der Waals surface area contributed by atoms with Crippen molar-refractivity contribution in [3.05, 3.63) is 65.0 Å². The fraction of sp³-hybridized carbons (Fsp3) is 0.211. The lowest BCUT2D eigenvalue weighted by molar-refractivity contribution is 0.0955. The first-order valence-electron chi connectivity index (χ1n) is 8.17. The monoisotopic (exact) mass is 356 g/mol. The molecule has 0 aliphatic carbocycles. The molecule has 1 aromatic heterocycles. The summed E-state index contributed by atoms with van der Waals surface area (Å²) in [7, 11) is 0. The number of nitrogens with one attached hydrogen (secondary N) is 1. The number of rotatable bonds is 4. The minimum atomic E-state index is -0.734. The van der Waals surface area contributed by atoms with E-state index in [0.29, 0.717) is 5.56 Å². The van der Waals surface area contributed by atoms with Gasteiger partial charge < -0.3 is 4.57 Å². The van der Waals surface area contributed by atoms with Gasteiger partial charge in [-0.1, -0.05) is 0 Å². The van der Waals surface area contributed by atoms with Crippen LogP contribution in [0.2, 0.25) is 0 Å². The van der Waals surface area contributed by atoms with Gasteiger partial charge in [-0.25, -0.2) is 19.2 Å². The summed E-state index contributed by atoms with van der Waals surface area (Å²) in [6.45, 7) is 6.27. The minimum absolute atomic E-state index is 0.125. The summed E-state index contributed by atoms with van der Waals surface area (Å²) >= 11 is 0. The third-order valence-corrected chi connectivity index (χ3v) is 4.16. The van der Waals surface area contributed by atoms with Gasteiger partial charge in [0.2, 0.25) is 0 Å². The van der Waals surface area contributed by atoms with E-state index in [4.69, 9.17) is 0 Å². The van der Waals surface area contributed by atoms with E-state index in [1.165, 1.54) is 13.0 Å². The molecule has 0 bridgehead atoms. The number of fused-ring (bicyclic) bond motifs is 1. The van der Waals surface area contributed by atoms with Crippen LogP contribution < -0.4 is 5.43 Å². The van der Waals surface area contributed by atoms with Gasteiger partial charge in [0.15, 0.2) is 0 Å². The summed E-state index contributed by atoms with van der Waals surface area (Å²) in [5.41, 5.74) is 4.83. The van der Waals surface area contributed by atoms with Gasteiger partial charge in [0.1, 0.15) is 17.5 Å². The number of amides is 1. The average molecular weight is 356 g/mol. The molecule has 3 aromatic rings. The zero-order valence-corrected chi connectivity index (χ0v) is 14.7. The summed E-state index contributed by atoms with van der Waals surface area (Å²) in [6.07, 6.45) is 0. The van der Waals surface area contributed by atoms with E-state index < -0.39 is 17.5 Å². The molecule has 134 valence electrons. The van der Waals surface area contributed by atoms with Crippen LogP contribution in [-0.4, -0.2) is 21.2 Å². The predicted molar refractivity (Wildman–Crippen MR) is 96.2 cm³/mol. The molecule has 0 aliphatic rings. The number of hydrogen-bond donors (Lipinski definition) is 1. The molecule has 0 fully saturated rings. The van der Waals surface area contributed by atoms with Crippen LogP contribution in [0.5, 0.6) is 0 Å². The number of nitrogens with zero attached hydrogens (tertiary/aromatic N) is 3. The van der Waals surface area contributed by atoms with E-state index >= 15 is 0 Å². The second kappa shape index (κ2) is 7.03. The van der Waals surface area contributed by atoms with Crippen LogP contribution >= 0.6 is 0 Å². The van der Waals surface area contributed by atoms with Crippen molar-refractivity contribution in [2.24, 2.45) is 5.10 Å². The molecule has 1 amide bonds. The molecule has 3 rings (SSSR count). The molecule has 0 spiro atoms. The van der Waals surface area contributed by atoms with Crippen LogP contribution in [0.4, 0.5) is 8.78 Å². The number of benzene rings is 2. The third-order valence-electron chi connectivity index (χ3n) is 4.16. The molecule has 0 radical (unpaired) electrons. The number of aryl methyl sites for hydroxylation is 2. The van der Waals surface area contributed by atoms with E-state index in [2.05, 4.69) is 20.1 Å². The zero-order valence-electron chi connectivity index (χ0n) is 14.7. The van der Waals surface area contributed by atoms with E-state index in [-0.39, 0.29) is 11.3 Å². The molecule has 0 unspecified atom stereocenters. The smallest absolute Gasteiger partial charge is 0.271 e. The van der Waals surface area contributed by atoms with Crippen molar-refractivity contribution < 1.29 is 13.6 Å². The highest BCUT2D eigenvalue weighted by atomic mass is 19.1. The molecule has 26 heavy (non-hydrogen) atoms. The Morgan fingerprint density at radius 1 is 1.23 bits per heavy atom. The molecule has 2 aromatic carbocycles. The number of halogens is 2. The number of hydrazone groups is 1. The van der Waals surface area contributed by atoms with Gasteiger partial charge in [-0.05, 0) is 51.1 Å². The van der Waals surface area contributed by atoms with E-state index in [9.17, 15) is 13.6 Å². The largest absolute Gasteiger partial charge is 0.329 e. The Hall–Kier alpha value is -3.09. The fourth-order valence-electron chi connectivity index (χ4n) is 2.83. The highest BCUT2D eigenvalue weighted by Gasteiger charge is 2.12. The molecule has 7 heteroatoms. The Morgan fingerprint density at radius 2 is 2.00 bits per heavy atom. The van der Waals surface area contributed by atoms with Gasteiger partial charge in [-0.2, -0.15) is 5.10 Å². The number of carbonyl (C=O) groups excluding carboxylic acids is 1. The standard InChI is InChI=1S/C19H18F2N4O/c1-4-25-12(3)22-17-9-13(5-8-18(17)25)19(26)24-23-11(2)15-7-6-14(20)10-16(15)21/h5-10H,4H2,1-3H3,(H,24,26)/b23-11-. The van der Waals surface area contributed by atoms with Gasteiger partial charge in [0, 0.05) is 23.7 Å². The summed E-state index contributed by atoms with van der Waals surface area (Å²) in [5.74, 6) is -0.959.